The Morgan fingerprint density at radius 2 is 1.43 bits per heavy atom. The third-order valence-electron chi connectivity index (χ3n) is 6.44. The number of hydrogen-bond donors (Lipinski definition) is 10. The Bertz CT molecular complexity index is 1130. The summed E-state index contributed by atoms with van der Waals surface area (Å²) < 4.78 is 0. The Labute approximate surface area is 250 Å². The number of nitrogens with two attached hydrogens (primary N) is 3. The number of aliphatic carboxylic acids is 2. The standard InChI is InChI=1S/C24H38N8O12/c25-11(3-6-19(37)38)20(39)29-12(4-5-16(26)34)22(41)31-14(10-33)21(40)28-9-18(36)32-7-1-2-15(32)23(42)30-13(24(43)44)8-17(27)35/h11-15,33H,1-10,25H2,(H2,26,34)(H2,27,35)(H,28,40)(H,29,39)(H,30,42)(H,31,41)(H,37,38)(H,43,44)/t11-,12-,13-,14-,15-/m0/s1. The second-order valence-electron chi connectivity index (χ2n) is 9.88. The molecule has 1 fully saturated rings. The summed E-state index contributed by atoms with van der Waals surface area (Å²) in [6.07, 6.45) is -1.50. The first-order valence-electron chi connectivity index (χ1n) is 13.4. The molecule has 0 unspecified atom stereocenters. The lowest BCUT2D eigenvalue weighted by atomic mass is 10.1. The van der Waals surface area contributed by atoms with E-state index in [-0.39, 0.29) is 32.2 Å². The first kappa shape index (κ1) is 37.2. The summed E-state index contributed by atoms with van der Waals surface area (Å²) in [5.74, 6) is -9.05. The van der Waals surface area contributed by atoms with E-state index in [0.29, 0.717) is 6.42 Å². The predicted molar refractivity (Wildman–Crippen MR) is 145 cm³/mol. The topological polar surface area (TPSA) is 344 Å². The Morgan fingerprint density at radius 3 is 1.98 bits per heavy atom. The number of aliphatic hydroxyl groups is 1. The minimum atomic E-state index is -1.63. The van der Waals surface area contributed by atoms with Crippen molar-refractivity contribution < 1.29 is 58.5 Å². The summed E-state index contributed by atoms with van der Waals surface area (Å²) in [5, 5.41) is 36.4. The SMILES string of the molecule is NC(=O)CC[C@H](NC(=O)[C@@H](N)CCC(=O)O)C(=O)N[C@@H](CO)C(=O)NCC(=O)N1CCC[C@H]1C(=O)N[C@@H](CC(N)=O)C(=O)O. The molecule has 1 heterocycles. The maximum absolute atomic E-state index is 12.8. The first-order valence-corrected chi connectivity index (χ1v) is 13.4. The van der Waals surface area contributed by atoms with E-state index in [1.54, 1.807) is 0 Å². The zero-order chi connectivity index (χ0) is 33.6. The Morgan fingerprint density at radius 1 is 0.795 bits per heavy atom. The molecule has 1 saturated heterocycles. The molecule has 0 aromatic carbocycles. The molecule has 1 aliphatic heterocycles. The molecular weight excluding hydrogens is 592 g/mol. The molecule has 0 spiro atoms. The van der Waals surface area contributed by atoms with Crippen LogP contribution in [0.3, 0.4) is 0 Å². The van der Waals surface area contributed by atoms with E-state index in [4.69, 9.17) is 22.3 Å². The number of nitrogens with zero attached hydrogens (tertiary/aromatic N) is 1. The van der Waals surface area contributed by atoms with Gasteiger partial charge in [-0.05, 0) is 25.7 Å². The molecule has 44 heavy (non-hydrogen) atoms. The second kappa shape index (κ2) is 18.0. The lowest BCUT2D eigenvalue weighted by Crippen LogP contribution is -2.57. The van der Waals surface area contributed by atoms with Gasteiger partial charge in [-0.25, -0.2) is 4.79 Å². The van der Waals surface area contributed by atoms with Gasteiger partial charge in [0, 0.05) is 19.4 Å². The van der Waals surface area contributed by atoms with Crippen LogP contribution in [0.2, 0.25) is 0 Å². The number of hydrogen-bond acceptors (Lipinski definition) is 11. The lowest BCUT2D eigenvalue weighted by molar-refractivity contribution is -0.145. The molecule has 1 rings (SSSR count). The summed E-state index contributed by atoms with van der Waals surface area (Å²) in [5.41, 5.74) is 15.8. The molecule has 20 nitrogen and oxygen atoms in total. The van der Waals surface area contributed by atoms with Gasteiger partial charge < -0.3 is 58.7 Å². The number of carboxylic acid groups (broad SMARTS) is 2. The molecular formula is C24H38N8O12. The molecule has 13 N–H and O–H groups in total. The van der Waals surface area contributed by atoms with Crippen molar-refractivity contribution in [1.29, 1.82) is 0 Å². The van der Waals surface area contributed by atoms with Crippen LogP contribution >= 0.6 is 0 Å². The van der Waals surface area contributed by atoms with Crippen LogP contribution < -0.4 is 38.5 Å². The molecule has 0 aliphatic carbocycles. The highest BCUT2D eigenvalue weighted by Gasteiger charge is 2.36. The lowest BCUT2D eigenvalue weighted by Gasteiger charge is -2.26. The fourth-order valence-corrected chi connectivity index (χ4v) is 4.11. The third kappa shape index (κ3) is 12.6. The maximum Gasteiger partial charge on any atom is 0.326 e. The average molecular weight is 631 g/mol. The number of carbonyl (C=O) groups is 9. The van der Waals surface area contributed by atoms with E-state index in [9.17, 15) is 53.4 Å². The van der Waals surface area contributed by atoms with Crippen molar-refractivity contribution in [1.82, 2.24) is 26.2 Å². The van der Waals surface area contributed by atoms with E-state index >= 15 is 0 Å². The maximum atomic E-state index is 12.8. The van der Waals surface area contributed by atoms with Crippen LogP contribution in [0.4, 0.5) is 0 Å². The molecule has 0 saturated carbocycles. The number of amides is 7. The number of nitrogens with one attached hydrogen (secondary N) is 4. The van der Waals surface area contributed by atoms with Crippen LogP contribution in [0, 0.1) is 0 Å². The third-order valence-corrected chi connectivity index (χ3v) is 6.44. The smallest absolute Gasteiger partial charge is 0.326 e. The van der Waals surface area contributed by atoms with Crippen LogP contribution in [-0.4, -0.2) is 123 Å². The zero-order valence-corrected chi connectivity index (χ0v) is 23.7. The van der Waals surface area contributed by atoms with Crippen LogP contribution in [-0.2, 0) is 43.2 Å². The van der Waals surface area contributed by atoms with Crippen LogP contribution in [0.5, 0.6) is 0 Å². The fourth-order valence-electron chi connectivity index (χ4n) is 4.11. The van der Waals surface area contributed by atoms with Crippen molar-refractivity contribution >= 4 is 53.3 Å². The first-order chi connectivity index (χ1) is 20.6. The summed E-state index contributed by atoms with van der Waals surface area (Å²) in [6.45, 7) is -1.54. The summed E-state index contributed by atoms with van der Waals surface area (Å²) in [7, 11) is 0. The van der Waals surface area contributed by atoms with Gasteiger partial charge in [0.25, 0.3) is 0 Å². The minimum absolute atomic E-state index is 0.0936. The molecule has 246 valence electrons. The number of carboxylic acids is 2. The number of primary amides is 2. The van der Waals surface area contributed by atoms with Gasteiger partial charge in [0.15, 0.2) is 0 Å². The fraction of sp³-hybridized carbons (Fsp3) is 0.625. The second-order valence-corrected chi connectivity index (χ2v) is 9.88. The van der Waals surface area contributed by atoms with E-state index in [1.165, 1.54) is 0 Å². The molecule has 1 aliphatic rings. The number of carbonyl (C=O) groups excluding carboxylic acids is 7. The molecule has 5 atom stereocenters. The summed E-state index contributed by atoms with van der Waals surface area (Å²) in [6, 6.07) is -7.11. The molecule has 0 bridgehead atoms. The highest BCUT2D eigenvalue weighted by Crippen LogP contribution is 2.18. The summed E-state index contributed by atoms with van der Waals surface area (Å²) in [4.78, 5) is 109. The molecule has 0 radical (unpaired) electrons. The number of aliphatic hydroxyl groups excluding tert-OH is 1. The normalized spacial score (nSPS) is 16.9. The van der Waals surface area contributed by atoms with Crippen molar-refractivity contribution in [2.45, 2.75) is 75.2 Å². The minimum Gasteiger partial charge on any atom is -0.481 e. The molecule has 0 aromatic heterocycles. The highest BCUT2D eigenvalue weighted by molar-refractivity contribution is 5.96. The van der Waals surface area contributed by atoms with Crippen LogP contribution in [0.1, 0.15) is 44.9 Å². The van der Waals surface area contributed by atoms with Crippen molar-refractivity contribution in [3.63, 3.8) is 0 Å². The monoisotopic (exact) mass is 630 g/mol. The van der Waals surface area contributed by atoms with Crippen molar-refractivity contribution in [3.05, 3.63) is 0 Å². The summed E-state index contributed by atoms with van der Waals surface area (Å²) >= 11 is 0. The van der Waals surface area contributed by atoms with Gasteiger partial charge in [0.1, 0.15) is 24.2 Å². The number of likely N-dealkylation sites (tertiary alicyclic amines) is 1. The predicted octanol–water partition coefficient (Wildman–Crippen LogP) is -6.04. The van der Waals surface area contributed by atoms with Crippen molar-refractivity contribution in [3.8, 4) is 0 Å². The quantitative estimate of drug-likeness (QED) is 0.0636. The average Bonchev–Trinajstić information content (AvgIpc) is 3.44. The Balaban J connectivity index is 2.82. The molecule has 0 aromatic rings. The zero-order valence-electron chi connectivity index (χ0n) is 23.7. The van der Waals surface area contributed by atoms with Gasteiger partial charge in [0.2, 0.25) is 41.4 Å². The molecule has 7 amide bonds. The van der Waals surface area contributed by atoms with E-state index in [0.717, 1.165) is 4.90 Å². The van der Waals surface area contributed by atoms with Gasteiger partial charge >= 0.3 is 11.9 Å². The van der Waals surface area contributed by atoms with Crippen LogP contribution in [0.15, 0.2) is 0 Å². The number of rotatable bonds is 19. The van der Waals surface area contributed by atoms with Gasteiger partial charge in [-0.2, -0.15) is 0 Å². The Hall–Kier alpha value is -4.85. The highest BCUT2D eigenvalue weighted by atomic mass is 16.4. The largest absolute Gasteiger partial charge is 0.481 e. The van der Waals surface area contributed by atoms with Crippen molar-refractivity contribution in [2.24, 2.45) is 17.2 Å². The van der Waals surface area contributed by atoms with Gasteiger partial charge in [-0.3, -0.25) is 38.4 Å². The van der Waals surface area contributed by atoms with Gasteiger partial charge in [0.05, 0.1) is 25.6 Å². The van der Waals surface area contributed by atoms with Crippen molar-refractivity contribution in [2.75, 3.05) is 19.7 Å². The van der Waals surface area contributed by atoms with E-state index in [1.807, 2.05) is 0 Å². The van der Waals surface area contributed by atoms with Crippen LogP contribution in [0.25, 0.3) is 0 Å². The van der Waals surface area contributed by atoms with E-state index < -0.39 is 109 Å². The van der Waals surface area contributed by atoms with Gasteiger partial charge in [-0.15, -0.1) is 0 Å². The van der Waals surface area contributed by atoms with E-state index in [2.05, 4.69) is 21.3 Å². The van der Waals surface area contributed by atoms with Gasteiger partial charge in [-0.1, -0.05) is 0 Å². The molecule has 20 heteroatoms. The Kier molecular flexibility index (Phi) is 15.2.